The van der Waals surface area contributed by atoms with E-state index in [1.54, 1.807) is 13.8 Å². The van der Waals surface area contributed by atoms with Crippen molar-refractivity contribution in [2.75, 3.05) is 11.9 Å². The fraction of sp³-hybridized carbons (Fsp3) is 0.417. The monoisotopic (exact) mass is 469 g/mol. The van der Waals surface area contributed by atoms with Gasteiger partial charge >= 0.3 is 12.1 Å². The van der Waals surface area contributed by atoms with Crippen molar-refractivity contribution in [2.45, 2.75) is 52.2 Å². The predicted octanol–water partition coefficient (Wildman–Crippen LogP) is 3.93. The maximum Gasteiger partial charge on any atom is 0.408 e. The average molecular weight is 470 g/mol. The summed E-state index contributed by atoms with van der Waals surface area (Å²) in [5, 5.41) is 15.2. The number of nitrogens with one attached hydrogen (secondary N) is 2. The first-order valence-electron chi connectivity index (χ1n) is 10.9. The van der Waals surface area contributed by atoms with Crippen molar-refractivity contribution in [1.29, 1.82) is 5.26 Å². The van der Waals surface area contributed by atoms with Gasteiger partial charge in [-0.15, -0.1) is 11.3 Å². The number of thiophene rings is 1. The number of nitriles is 1. The van der Waals surface area contributed by atoms with Crippen molar-refractivity contribution in [3.05, 3.63) is 51.9 Å². The molecular weight excluding hydrogens is 442 g/mol. The molecule has 0 aliphatic heterocycles. The third-order valence-electron chi connectivity index (χ3n) is 5.29. The second-order valence-corrected chi connectivity index (χ2v) is 9.22. The van der Waals surface area contributed by atoms with Gasteiger partial charge < -0.3 is 20.1 Å². The largest absolute Gasteiger partial charge is 0.454 e. The Kier molecular flexibility index (Phi) is 8.44. The summed E-state index contributed by atoms with van der Waals surface area (Å²) in [6, 6.07) is 10.4. The van der Waals surface area contributed by atoms with Crippen molar-refractivity contribution >= 4 is 34.3 Å². The molecule has 0 spiro atoms. The average Bonchev–Trinajstić information content (AvgIpc) is 3.16. The zero-order valence-electron chi connectivity index (χ0n) is 18.7. The number of fused-ring (bicyclic) bond motifs is 1. The van der Waals surface area contributed by atoms with Crippen molar-refractivity contribution in [3.8, 4) is 6.07 Å². The van der Waals surface area contributed by atoms with Gasteiger partial charge in [-0.2, -0.15) is 5.26 Å². The van der Waals surface area contributed by atoms with E-state index < -0.39 is 30.6 Å². The van der Waals surface area contributed by atoms with Crippen molar-refractivity contribution < 1.29 is 23.9 Å². The standard InChI is InChI=1S/C24H27N3O5S/c1-15(2)21(27-24(30)32-13-16-8-4-3-5-9-16)23(29)31-14-20(28)26-22-18(12-25)17-10-6-7-11-19(17)33-22/h3-5,8-9,15,21H,6-7,10-11,13-14H2,1-2H3,(H,26,28)(H,27,30)/t21-/m1/s1. The summed E-state index contributed by atoms with van der Waals surface area (Å²) in [4.78, 5) is 38.1. The van der Waals surface area contributed by atoms with E-state index in [0.717, 1.165) is 41.7 Å². The van der Waals surface area contributed by atoms with Gasteiger partial charge in [-0.25, -0.2) is 9.59 Å². The number of hydrogen-bond donors (Lipinski definition) is 2. The first kappa shape index (κ1) is 24.3. The molecule has 2 amide bonds. The van der Waals surface area contributed by atoms with Gasteiger partial charge in [0, 0.05) is 4.88 Å². The van der Waals surface area contributed by atoms with E-state index in [4.69, 9.17) is 9.47 Å². The number of ether oxygens (including phenoxy) is 2. The van der Waals surface area contributed by atoms with E-state index in [2.05, 4.69) is 16.7 Å². The van der Waals surface area contributed by atoms with Crippen LogP contribution in [0.2, 0.25) is 0 Å². The highest BCUT2D eigenvalue weighted by atomic mass is 32.1. The van der Waals surface area contributed by atoms with Crippen LogP contribution in [-0.2, 0) is 38.5 Å². The number of hydrogen-bond acceptors (Lipinski definition) is 7. The van der Waals surface area contributed by atoms with Gasteiger partial charge in [0.15, 0.2) is 6.61 Å². The minimum absolute atomic E-state index is 0.0704. The first-order valence-corrected chi connectivity index (χ1v) is 11.7. The van der Waals surface area contributed by atoms with Gasteiger partial charge in [0.05, 0.1) is 5.56 Å². The number of aryl methyl sites for hydroxylation is 1. The summed E-state index contributed by atoms with van der Waals surface area (Å²) in [6.45, 7) is 3.05. The zero-order chi connectivity index (χ0) is 23.8. The number of benzene rings is 1. The maximum atomic E-state index is 12.5. The van der Waals surface area contributed by atoms with E-state index in [0.29, 0.717) is 10.6 Å². The Balaban J connectivity index is 1.51. The summed E-state index contributed by atoms with van der Waals surface area (Å²) < 4.78 is 10.3. The zero-order valence-corrected chi connectivity index (χ0v) is 19.5. The lowest BCUT2D eigenvalue weighted by molar-refractivity contribution is -0.150. The van der Waals surface area contributed by atoms with Crippen LogP contribution in [0.5, 0.6) is 0 Å². The number of alkyl carbamates (subject to hydrolysis) is 1. The molecule has 1 heterocycles. The summed E-state index contributed by atoms with van der Waals surface area (Å²) in [6.07, 6.45) is 3.09. The number of esters is 1. The van der Waals surface area contributed by atoms with E-state index >= 15 is 0 Å². The Morgan fingerprint density at radius 3 is 2.55 bits per heavy atom. The molecule has 0 saturated carbocycles. The van der Waals surface area contributed by atoms with Crippen LogP contribution < -0.4 is 10.6 Å². The molecule has 0 radical (unpaired) electrons. The lowest BCUT2D eigenvalue weighted by atomic mass is 9.96. The third kappa shape index (κ3) is 6.56. The Bertz CT molecular complexity index is 1040. The summed E-state index contributed by atoms with van der Waals surface area (Å²) >= 11 is 1.40. The molecule has 174 valence electrons. The maximum absolute atomic E-state index is 12.5. The van der Waals surface area contributed by atoms with Gasteiger partial charge in [0.25, 0.3) is 5.91 Å². The highest BCUT2D eigenvalue weighted by Crippen LogP contribution is 2.37. The highest BCUT2D eigenvalue weighted by molar-refractivity contribution is 7.16. The lowest BCUT2D eigenvalue weighted by Crippen LogP contribution is -2.46. The number of nitrogens with zero attached hydrogens (tertiary/aromatic N) is 1. The molecule has 1 aromatic heterocycles. The second-order valence-electron chi connectivity index (χ2n) is 8.11. The smallest absolute Gasteiger partial charge is 0.408 e. The van der Waals surface area contributed by atoms with Crippen molar-refractivity contribution in [1.82, 2.24) is 5.32 Å². The normalized spacial score (nSPS) is 13.4. The van der Waals surface area contributed by atoms with Gasteiger partial charge in [-0.1, -0.05) is 44.2 Å². The van der Waals surface area contributed by atoms with E-state index in [1.807, 2.05) is 30.3 Å². The number of amides is 2. The van der Waals surface area contributed by atoms with Crippen LogP contribution in [0.4, 0.5) is 9.80 Å². The molecule has 0 fully saturated rings. The Hall–Kier alpha value is -3.38. The van der Waals surface area contributed by atoms with Gasteiger partial charge in [-0.05, 0) is 42.7 Å². The topological polar surface area (TPSA) is 118 Å². The van der Waals surface area contributed by atoms with Crippen LogP contribution in [0.15, 0.2) is 30.3 Å². The number of anilines is 1. The molecule has 3 rings (SSSR count). The van der Waals surface area contributed by atoms with E-state index in [1.165, 1.54) is 11.3 Å². The van der Waals surface area contributed by atoms with Crippen LogP contribution in [0.3, 0.4) is 0 Å². The van der Waals surface area contributed by atoms with Crippen molar-refractivity contribution in [3.63, 3.8) is 0 Å². The van der Waals surface area contributed by atoms with E-state index in [9.17, 15) is 19.6 Å². The first-order chi connectivity index (χ1) is 15.9. The molecule has 1 aliphatic rings. The molecule has 1 atom stereocenters. The fourth-order valence-electron chi connectivity index (χ4n) is 3.55. The van der Waals surface area contributed by atoms with E-state index in [-0.39, 0.29) is 12.5 Å². The molecular formula is C24H27N3O5S. The van der Waals surface area contributed by atoms with Gasteiger partial charge in [0.2, 0.25) is 0 Å². The van der Waals surface area contributed by atoms with Crippen LogP contribution in [0.25, 0.3) is 0 Å². The third-order valence-corrected chi connectivity index (χ3v) is 6.50. The molecule has 0 saturated heterocycles. The van der Waals surface area contributed by atoms with Gasteiger partial charge in [-0.3, -0.25) is 4.79 Å². The van der Waals surface area contributed by atoms with Gasteiger partial charge in [0.1, 0.15) is 23.7 Å². The molecule has 0 bridgehead atoms. The fourth-order valence-corrected chi connectivity index (χ4v) is 4.81. The quantitative estimate of drug-likeness (QED) is 0.566. The number of carbonyl (C=O) groups excluding carboxylic acids is 3. The molecule has 2 aromatic rings. The molecule has 1 aromatic carbocycles. The molecule has 1 aliphatic carbocycles. The van der Waals surface area contributed by atoms with Crippen LogP contribution >= 0.6 is 11.3 Å². The van der Waals surface area contributed by atoms with Crippen LogP contribution in [0, 0.1) is 17.2 Å². The molecule has 8 nitrogen and oxygen atoms in total. The van der Waals surface area contributed by atoms with Crippen molar-refractivity contribution in [2.24, 2.45) is 5.92 Å². The number of rotatable bonds is 8. The lowest BCUT2D eigenvalue weighted by Gasteiger charge is -2.20. The molecule has 0 unspecified atom stereocenters. The summed E-state index contributed by atoms with van der Waals surface area (Å²) in [5.74, 6) is -1.55. The van der Waals surface area contributed by atoms with Crippen LogP contribution in [-0.4, -0.2) is 30.6 Å². The Morgan fingerprint density at radius 1 is 1.12 bits per heavy atom. The predicted molar refractivity (Wildman–Crippen MR) is 124 cm³/mol. The molecule has 9 heteroatoms. The molecule has 2 N–H and O–H groups in total. The summed E-state index contributed by atoms with van der Waals surface area (Å²) in [5.41, 5.74) is 2.33. The Labute approximate surface area is 196 Å². The highest BCUT2D eigenvalue weighted by Gasteiger charge is 2.27. The summed E-state index contributed by atoms with van der Waals surface area (Å²) in [7, 11) is 0. The SMILES string of the molecule is CC(C)[C@@H](NC(=O)OCc1ccccc1)C(=O)OCC(=O)Nc1sc2c(c1C#N)CCCC2. The van der Waals surface area contributed by atoms with Crippen LogP contribution in [0.1, 0.15) is 48.3 Å². The minimum Gasteiger partial charge on any atom is -0.454 e. The number of carbonyl (C=O) groups is 3. The minimum atomic E-state index is -0.968. The Morgan fingerprint density at radius 2 is 1.85 bits per heavy atom. The second kappa shape index (κ2) is 11.5. The molecule has 33 heavy (non-hydrogen) atoms.